The van der Waals surface area contributed by atoms with Crippen LogP contribution in [0.5, 0.6) is 5.75 Å². The van der Waals surface area contributed by atoms with Crippen molar-refractivity contribution in [1.82, 2.24) is 10.6 Å². The Labute approximate surface area is 214 Å². The van der Waals surface area contributed by atoms with Crippen LogP contribution in [0, 0.1) is 0 Å². The smallest absolute Gasteiger partial charge is 0.220 e. The average molecular weight is 491 g/mol. The lowest BCUT2D eigenvalue weighted by molar-refractivity contribution is -0.121. The molecule has 1 amide bonds. The van der Waals surface area contributed by atoms with Crippen molar-refractivity contribution >= 4 is 5.91 Å². The molecule has 0 saturated heterocycles. The van der Waals surface area contributed by atoms with Crippen molar-refractivity contribution in [1.29, 1.82) is 0 Å². The van der Waals surface area contributed by atoms with Gasteiger partial charge in [-0.3, -0.25) is 4.79 Å². The molecule has 0 aliphatic carbocycles. The fourth-order valence-electron chi connectivity index (χ4n) is 4.22. The van der Waals surface area contributed by atoms with Crippen LogP contribution in [0.1, 0.15) is 53.7 Å². The summed E-state index contributed by atoms with van der Waals surface area (Å²) in [6, 6.07) is 23.5. The molecule has 0 spiro atoms. The maximum Gasteiger partial charge on any atom is 0.220 e. The number of rotatable bonds is 14. The third-order valence-corrected chi connectivity index (χ3v) is 6.30. The lowest BCUT2D eigenvalue weighted by atomic mass is 10.0. The average Bonchev–Trinajstić information content (AvgIpc) is 2.89. The van der Waals surface area contributed by atoms with Crippen molar-refractivity contribution in [3.05, 3.63) is 101 Å². The van der Waals surface area contributed by atoms with E-state index >= 15 is 0 Å². The molecule has 5 N–H and O–H groups in total. The molecule has 0 saturated carbocycles. The van der Waals surface area contributed by atoms with Crippen molar-refractivity contribution in [3.63, 3.8) is 0 Å². The zero-order chi connectivity index (χ0) is 25.8. The third-order valence-electron chi connectivity index (χ3n) is 6.30. The molecule has 6 heteroatoms. The minimum absolute atomic E-state index is 0.0233. The summed E-state index contributed by atoms with van der Waals surface area (Å²) in [5, 5.41) is 35.9. The normalized spacial score (nSPS) is 12.8. The summed E-state index contributed by atoms with van der Waals surface area (Å²) in [5.41, 5.74) is 4.66. The van der Waals surface area contributed by atoms with Gasteiger partial charge in [-0.15, -0.1) is 0 Å². The highest BCUT2D eigenvalue weighted by molar-refractivity contribution is 5.76. The predicted molar refractivity (Wildman–Crippen MR) is 143 cm³/mol. The molecule has 3 rings (SSSR count). The molecule has 0 aliphatic rings. The van der Waals surface area contributed by atoms with Gasteiger partial charge in [-0.2, -0.15) is 0 Å². The van der Waals surface area contributed by atoms with Crippen LogP contribution in [0.3, 0.4) is 0 Å². The van der Waals surface area contributed by atoms with Gasteiger partial charge in [-0.25, -0.2) is 0 Å². The number of aliphatic hydroxyl groups excluding tert-OH is 2. The van der Waals surface area contributed by atoms with Crippen LogP contribution in [-0.4, -0.2) is 40.4 Å². The van der Waals surface area contributed by atoms with Crippen LogP contribution >= 0.6 is 0 Å². The molecule has 0 aliphatic heterocycles. The van der Waals surface area contributed by atoms with Gasteiger partial charge in [0.05, 0.1) is 12.7 Å². The first kappa shape index (κ1) is 27.4. The molecule has 3 aromatic rings. The summed E-state index contributed by atoms with van der Waals surface area (Å²) in [4.78, 5) is 12.2. The summed E-state index contributed by atoms with van der Waals surface area (Å²) < 4.78 is 0. The standard InChI is InChI=1S/C30H38N2O4/c1-22(32-20-29(35)26-13-14-28(34)27(19-26)21-33)17-25-10-5-9-24(18-25)12-15-30(36)31-16-6-11-23-7-3-2-4-8-23/h2-5,7-10,13-14,18-19,22,29,32-35H,6,11-12,15-17,20-21H2,1H3,(H,31,36)/t22-,29-/m1/s1. The summed E-state index contributed by atoms with van der Waals surface area (Å²) in [7, 11) is 0. The Morgan fingerprint density at radius 3 is 2.44 bits per heavy atom. The van der Waals surface area contributed by atoms with Gasteiger partial charge in [0.15, 0.2) is 0 Å². The number of amides is 1. The largest absolute Gasteiger partial charge is 0.508 e. The number of carbonyl (C=O) groups is 1. The minimum Gasteiger partial charge on any atom is -0.508 e. The van der Waals surface area contributed by atoms with E-state index in [1.807, 2.05) is 24.3 Å². The highest BCUT2D eigenvalue weighted by atomic mass is 16.3. The van der Waals surface area contributed by atoms with E-state index in [0.29, 0.717) is 37.1 Å². The van der Waals surface area contributed by atoms with Gasteiger partial charge in [0.2, 0.25) is 5.91 Å². The fraction of sp³-hybridized carbons (Fsp3) is 0.367. The molecule has 6 nitrogen and oxygen atoms in total. The Balaban J connectivity index is 1.37. The van der Waals surface area contributed by atoms with Crippen LogP contribution in [0.4, 0.5) is 0 Å². The van der Waals surface area contributed by atoms with Crippen molar-refractivity contribution < 1.29 is 20.1 Å². The van der Waals surface area contributed by atoms with Crippen LogP contribution in [0.15, 0.2) is 72.8 Å². The van der Waals surface area contributed by atoms with Gasteiger partial charge in [-0.1, -0.05) is 60.7 Å². The lowest BCUT2D eigenvalue weighted by Crippen LogP contribution is -2.32. The number of nitrogens with one attached hydrogen (secondary N) is 2. The number of phenols is 1. The second-order valence-corrected chi connectivity index (χ2v) is 9.33. The number of carbonyl (C=O) groups excluding carboxylic acids is 1. The second kappa shape index (κ2) is 14.4. The molecule has 0 unspecified atom stereocenters. The molecule has 192 valence electrons. The summed E-state index contributed by atoms with van der Waals surface area (Å²) in [6.45, 7) is 2.84. The molecule has 3 aromatic carbocycles. The van der Waals surface area contributed by atoms with E-state index < -0.39 is 6.10 Å². The van der Waals surface area contributed by atoms with Crippen LogP contribution in [0.25, 0.3) is 0 Å². The monoisotopic (exact) mass is 490 g/mol. The number of aryl methyl sites for hydroxylation is 2. The number of aromatic hydroxyl groups is 1. The van der Waals surface area contributed by atoms with Crippen LogP contribution in [0.2, 0.25) is 0 Å². The SMILES string of the molecule is C[C@H](Cc1cccc(CCC(=O)NCCCc2ccccc2)c1)NC[C@@H](O)c1ccc(O)c(CO)c1. The first-order chi connectivity index (χ1) is 17.4. The lowest BCUT2D eigenvalue weighted by Gasteiger charge is -2.18. The van der Waals surface area contributed by atoms with E-state index in [1.54, 1.807) is 12.1 Å². The quantitative estimate of drug-likeness (QED) is 0.221. The third kappa shape index (κ3) is 9.11. The van der Waals surface area contributed by atoms with Crippen LogP contribution < -0.4 is 10.6 Å². The van der Waals surface area contributed by atoms with Gasteiger partial charge >= 0.3 is 0 Å². The number of hydrogen-bond acceptors (Lipinski definition) is 5. The number of benzene rings is 3. The Kier molecular flexibility index (Phi) is 11.0. The molecular weight excluding hydrogens is 452 g/mol. The highest BCUT2D eigenvalue weighted by Gasteiger charge is 2.12. The zero-order valence-electron chi connectivity index (χ0n) is 21.0. The first-order valence-corrected chi connectivity index (χ1v) is 12.7. The Hall–Kier alpha value is -3.19. The van der Waals surface area contributed by atoms with E-state index in [-0.39, 0.29) is 24.3 Å². The van der Waals surface area contributed by atoms with E-state index in [2.05, 4.69) is 47.9 Å². The van der Waals surface area contributed by atoms with Crippen molar-refractivity contribution in [2.45, 2.75) is 57.8 Å². The van der Waals surface area contributed by atoms with Gasteiger partial charge in [-0.05, 0) is 67.0 Å². The Morgan fingerprint density at radius 2 is 1.67 bits per heavy atom. The van der Waals surface area contributed by atoms with E-state index in [4.69, 9.17) is 0 Å². The number of aliphatic hydroxyl groups is 2. The van der Waals surface area contributed by atoms with E-state index in [1.165, 1.54) is 17.2 Å². The van der Waals surface area contributed by atoms with Crippen LogP contribution in [-0.2, 0) is 30.7 Å². The molecule has 0 heterocycles. The topological polar surface area (TPSA) is 102 Å². The first-order valence-electron chi connectivity index (χ1n) is 12.7. The zero-order valence-corrected chi connectivity index (χ0v) is 21.0. The molecule has 0 radical (unpaired) electrons. The molecule has 0 aromatic heterocycles. The predicted octanol–water partition coefficient (Wildman–Crippen LogP) is 3.82. The summed E-state index contributed by atoms with van der Waals surface area (Å²) >= 11 is 0. The highest BCUT2D eigenvalue weighted by Crippen LogP contribution is 2.22. The fourth-order valence-corrected chi connectivity index (χ4v) is 4.22. The molecule has 0 bridgehead atoms. The van der Waals surface area contributed by atoms with E-state index in [9.17, 15) is 20.1 Å². The Bertz CT molecular complexity index is 1090. The maximum absolute atomic E-state index is 12.2. The van der Waals surface area contributed by atoms with E-state index in [0.717, 1.165) is 24.8 Å². The molecule has 0 fully saturated rings. The molecular formula is C30H38N2O4. The number of hydrogen-bond donors (Lipinski definition) is 5. The summed E-state index contributed by atoms with van der Waals surface area (Å²) in [6.07, 6.45) is 3.12. The minimum atomic E-state index is -0.740. The van der Waals surface area contributed by atoms with Gasteiger partial charge < -0.3 is 26.0 Å². The maximum atomic E-state index is 12.2. The Morgan fingerprint density at radius 1 is 0.917 bits per heavy atom. The van der Waals surface area contributed by atoms with Crippen molar-refractivity contribution in [3.8, 4) is 5.75 Å². The van der Waals surface area contributed by atoms with Gasteiger partial charge in [0, 0.05) is 31.1 Å². The molecule has 2 atom stereocenters. The van der Waals surface area contributed by atoms with Crippen molar-refractivity contribution in [2.24, 2.45) is 0 Å². The van der Waals surface area contributed by atoms with Gasteiger partial charge in [0.25, 0.3) is 0 Å². The van der Waals surface area contributed by atoms with Gasteiger partial charge in [0.1, 0.15) is 5.75 Å². The van der Waals surface area contributed by atoms with Crippen molar-refractivity contribution in [2.75, 3.05) is 13.1 Å². The molecule has 36 heavy (non-hydrogen) atoms. The summed E-state index contributed by atoms with van der Waals surface area (Å²) in [5.74, 6) is 0.103. The second-order valence-electron chi connectivity index (χ2n) is 9.33.